The van der Waals surface area contributed by atoms with Gasteiger partial charge < -0.3 is 10.2 Å². The Morgan fingerprint density at radius 3 is 2.29 bits per heavy atom. The summed E-state index contributed by atoms with van der Waals surface area (Å²) in [5, 5.41) is 3.36. The normalized spacial score (nSPS) is 24.6. The number of piperidine rings is 1. The third-order valence-corrected chi connectivity index (χ3v) is 8.00. The Labute approximate surface area is 182 Å². The van der Waals surface area contributed by atoms with Crippen LogP contribution in [0.5, 0.6) is 0 Å². The van der Waals surface area contributed by atoms with E-state index in [0.29, 0.717) is 29.1 Å². The van der Waals surface area contributed by atoms with E-state index < -0.39 is 15.5 Å². The van der Waals surface area contributed by atoms with E-state index in [1.165, 1.54) is 32.1 Å². The molecule has 3 aliphatic rings. The minimum absolute atomic E-state index is 0. The van der Waals surface area contributed by atoms with Crippen LogP contribution in [0.1, 0.15) is 44.9 Å². The zero-order chi connectivity index (χ0) is 19.7. The highest BCUT2D eigenvalue weighted by molar-refractivity contribution is 14.0. The highest BCUT2D eigenvalue weighted by atomic mass is 127. The molecule has 1 N–H and O–H groups in total. The van der Waals surface area contributed by atoms with Crippen molar-refractivity contribution in [3.05, 3.63) is 0 Å². The molecular weight excluding hydrogens is 508 g/mol. The summed E-state index contributed by atoms with van der Waals surface area (Å²) < 4.78 is 61.5. The Balaban J connectivity index is 0.00000280. The van der Waals surface area contributed by atoms with Crippen LogP contribution in [0.25, 0.3) is 0 Å². The molecular formula is C17H30F3IN4O2S. The number of halogens is 4. The van der Waals surface area contributed by atoms with E-state index in [0.717, 1.165) is 19.0 Å². The molecule has 2 heterocycles. The minimum Gasteiger partial charge on any atom is -0.356 e. The van der Waals surface area contributed by atoms with Crippen molar-refractivity contribution in [1.29, 1.82) is 0 Å². The number of alkyl halides is 3. The van der Waals surface area contributed by atoms with E-state index in [2.05, 4.69) is 15.2 Å². The molecule has 0 aromatic rings. The first-order chi connectivity index (χ1) is 12.7. The summed E-state index contributed by atoms with van der Waals surface area (Å²) in [4.78, 5) is 6.66. The number of rotatable bonds is 3. The molecule has 3 rings (SSSR count). The van der Waals surface area contributed by atoms with E-state index in [1.807, 2.05) is 0 Å². The predicted octanol–water partition coefficient (Wildman–Crippen LogP) is 3.01. The van der Waals surface area contributed by atoms with Gasteiger partial charge in [-0.15, -0.1) is 24.0 Å². The predicted molar refractivity (Wildman–Crippen MR) is 113 cm³/mol. The molecule has 0 aromatic heterocycles. The maximum atomic E-state index is 12.6. The van der Waals surface area contributed by atoms with E-state index >= 15 is 0 Å². The average molecular weight is 538 g/mol. The fourth-order valence-electron chi connectivity index (χ4n) is 4.72. The molecule has 1 aliphatic carbocycles. The molecule has 0 unspecified atom stereocenters. The molecule has 0 radical (unpaired) electrons. The van der Waals surface area contributed by atoms with Crippen molar-refractivity contribution in [3.63, 3.8) is 0 Å². The van der Waals surface area contributed by atoms with Crippen LogP contribution in [0.15, 0.2) is 4.99 Å². The van der Waals surface area contributed by atoms with Crippen molar-refractivity contribution in [2.75, 3.05) is 39.8 Å². The van der Waals surface area contributed by atoms with Crippen LogP contribution in [-0.4, -0.2) is 68.9 Å². The van der Waals surface area contributed by atoms with Gasteiger partial charge in [-0.1, -0.05) is 12.8 Å². The third-order valence-electron chi connectivity index (χ3n) is 6.37. The molecule has 3 fully saturated rings. The molecule has 1 spiro atoms. The van der Waals surface area contributed by atoms with Crippen LogP contribution in [-0.2, 0) is 10.0 Å². The number of guanidine groups is 1. The van der Waals surface area contributed by atoms with Crippen LogP contribution in [0.2, 0.25) is 0 Å². The smallest absolute Gasteiger partial charge is 0.356 e. The first-order valence-electron chi connectivity index (χ1n) is 9.69. The van der Waals surface area contributed by atoms with Gasteiger partial charge in [-0.2, -0.15) is 17.5 Å². The summed E-state index contributed by atoms with van der Waals surface area (Å²) >= 11 is 0. The maximum absolute atomic E-state index is 12.6. The van der Waals surface area contributed by atoms with E-state index in [-0.39, 0.29) is 43.0 Å². The number of likely N-dealkylation sites (tertiary alicyclic amines) is 1. The number of nitrogens with zero attached hydrogens (tertiary/aromatic N) is 3. The second kappa shape index (κ2) is 9.23. The van der Waals surface area contributed by atoms with Gasteiger partial charge >= 0.3 is 15.5 Å². The third kappa shape index (κ3) is 5.05. The lowest BCUT2D eigenvalue weighted by molar-refractivity contribution is -0.0496. The summed E-state index contributed by atoms with van der Waals surface area (Å²) in [6.07, 6.45) is 7.21. The standard InChI is InChI=1S/C17H29F3N4O2S.HI/c1-21-15(23-11-8-16(13-23)6-2-3-7-16)22-12-14-4-9-24(10-5-14)27(25,26)17(18,19)20;/h14H,2-13H2,1H3,(H,21,22);1H. The van der Waals surface area contributed by atoms with Crippen molar-refractivity contribution >= 4 is 40.0 Å². The molecule has 11 heteroatoms. The lowest BCUT2D eigenvalue weighted by atomic mass is 9.86. The van der Waals surface area contributed by atoms with Gasteiger partial charge in [-0.25, -0.2) is 8.42 Å². The Bertz CT molecular complexity index is 658. The first kappa shape index (κ1) is 24.0. The van der Waals surface area contributed by atoms with Crippen molar-refractivity contribution in [3.8, 4) is 0 Å². The number of hydrogen-bond acceptors (Lipinski definition) is 3. The Morgan fingerprint density at radius 1 is 1.14 bits per heavy atom. The van der Waals surface area contributed by atoms with Gasteiger partial charge in [0.25, 0.3) is 0 Å². The molecule has 0 amide bonds. The first-order valence-corrected chi connectivity index (χ1v) is 11.1. The quantitative estimate of drug-likeness (QED) is 0.341. The SMILES string of the molecule is CN=C(NCC1CCN(S(=O)(=O)C(F)(F)F)CC1)N1CCC2(CCCC2)C1.I. The van der Waals surface area contributed by atoms with E-state index in [4.69, 9.17) is 0 Å². The Kier molecular flexibility index (Phi) is 7.91. The molecule has 28 heavy (non-hydrogen) atoms. The monoisotopic (exact) mass is 538 g/mol. The van der Waals surface area contributed by atoms with Gasteiger partial charge in [0.05, 0.1) is 0 Å². The van der Waals surface area contributed by atoms with Crippen LogP contribution in [0.3, 0.4) is 0 Å². The van der Waals surface area contributed by atoms with Gasteiger partial charge in [-0.3, -0.25) is 4.99 Å². The summed E-state index contributed by atoms with van der Waals surface area (Å²) in [5.74, 6) is 0.994. The van der Waals surface area contributed by atoms with Crippen LogP contribution in [0, 0.1) is 11.3 Å². The van der Waals surface area contributed by atoms with Crippen LogP contribution < -0.4 is 5.32 Å². The number of nitrogens with one attached hydrogen (secondary N) is 1. The number of aliphatic imine (C=N–C) groups is 1. The fourth-order valence-corrected chi connectivity index (χ4v) is 5.70. The average Bonchev–Trinajstić information content (AvgIpc) is 3.25. The molecule has 0 aromatic carbocycles. The number of hydrogen-bond donors (Lipinski definition) is 1. The summed E-state index contributed by atoms with van der Waals surface area (Å²) in [6.45, 7) is 2.45. The summed E-state index contributed by atoms with van der Waals surface area (Å²) in [7, 11) is -3.45. The molecule has 2 saturated heterocycles. The summed E-state index contributed by atoms with van der Waals surface area (Å²) in [6, 6.07) is 0. The van der Waals surface area contributed by atoms with Crippen molar-refractivity contribution < 1.29 is 21.6 Å². The topological polar surface area (TPSA) is 65.0 Å². The fraction of sp³-hybridized carbons (Fsp3) is 0.941. The van der Waals surface area contributed by atoms with Gasteiger partial charge in [-0.05, 0) is 43.4 Å². The molecule has 2 aliphatic heterocycles. The molecule has 0 bridgehead atoms. The minimum atomic E-state index is -5.22. The molecule has 0 atom stereocenters. The van der Waals surface area contributed by atoms with E-state index in [9.17, 15) is 21.6 Å². The second-order valence-corrected chi connectivity index (χ2v) is 10.0. The lowest BCUT2D eigenvalue weighted by Crippen LogP contribution is -2.47. The number of sulfonamides is 1. The molecule has 6 nitrogen and oxygen atoms in total. The maximum Gasteiger partial charge on any atom is 0.511 e. The van der Waals surface area contributed by atoms with Gasteiger partial charge in [0.1, 0.15) is 0 Å². The highest BCUT2D eigenvalue weighted by Gasteiger charge is 2.50. The molecule has 1 saturated carbocycles. The van der Waals surface area contributed by atoms with Crippen molar-refractivity contribution in [2.45, 2.75) is 50.5 Å². The summed E-state index contributed by atoms with van der Waals surface area (Å²) in [5.41, 5.74) is -4.78. The van der Waals surface area contributed by atoms with Gasteiger partial charge in [0.2, 0.25) is 0 Å². The second-order valence-electron chi connectivity index (χ2n) is 8.10. The van der Waals surface area contributed by atoms with E-state index in [1.54, 1.807) is 7.05 Å². The van der Waals surface area contributed by atoms with Gasteiger partial charge in [0, 0.05) is 39.8 Å². The molecule has 164 valence electrons. The zero-order valence-electron chi connectivity index (χ0n) is 16.2. The van der Waals surface area contributed by atoms with Crippen molar-refractivity contribution in [1.82, 2.24) is 14.5 Å². The Hall–Kier alpha value is -0.300. The van der Waals surface area contributed by atoms with Crippen LogP contribution in [0.4, 0.5) is 13.2 Å². The van der Waals surface area contributed by atoms with Crippen molar-refractivity contribution in [2.24, 2.45) is 16.3 Å². The lowest BCUT2D eigenvalue weighted by Gasteiger charge is -2.32. The highest BCUT2D eigenvalue weighted by Crippen LogP contribution is 2.45. The zero-order valence-corrected chi connectivity index (χ0v) is 19.3. The Morgan fingerprint density at radius 2 is 1.75 bits per heavy atom. The van der Waals surface area contributed by atoms with Crippen LogP contribution >= 0.6 is 24.0 Å². The largest absolute Gasteiger partial charge is 0.511 e. The van der Waals surface area contributed by atoms with Gasteiger partial charge in [0.15, 0.2) is 5.96 Å².